The summed E-state index contributed by atoms with van der Waals surface area (Å²) in [6.45, 7) is 2.59. The Balaban J connectivity index is 1.69. The van der Waals surface area contributed by atoms with Gasteiger partial charge in [-0.1, -0.05) is 17.2 Å². The normalized spacial score (nSPS) is 10.7. The van der Waals surface area contributed by atoms with Crippen molar-refractivity contribution in [1.82, 2.24) is 15.5 Å². The van der Waals surface area contributed by atoms with Crippen LogP contribution in [0.5, 0.6) is 5.75 Å². The molecule has 0 amide bonds. The summed E-state index contributed by atoms with van der Waals surface area (Å²) in [5.74, 6) is 0.812. The number of benzene rings is 1. The van der Waals surface area contributed by atoms with Crippen LogP contribution in [0.3, 0.4) is 0 Å². The van der Waals surface area contributed by atoms with E-state index in [1.54, 1.807) is 19.2 Å². The highest BCUT2D eigenvalue weighted by Crippen LogP contribution is 2.10. The monoisotopic (exact) mass is 292 g/mol. The zero-order chi connectivity index (χ0) is 14.9. The van der Waals surface area contributed by atoms with Crippen molar-refractivity contribution < 1.29 is 14.3 Å². The van der Waals surface area contributed by atoms with Gasteiger partial charge >= 0.3 is 6.01 Å². The van der Waals surface area contributed by atoms with E-state index in [1.807, 2.05) is 12.1 Å². The molecule has 1 heterocycles. The molecule has 0 spiro atoms. The van der Waals surface area contributed by atoms with E-state index >= 15 is 0 Å². The second-order valence-electron chi connectivity index (χ2n) is 4.51. The molecule has 7 heteroatoms. The van der Waals surface area contributed by atoms with Gasteiger partial charge in [-0.25, -0.2) is 0 Å². The van der Waals surface area contributed by atoms with Gasteiger partial charge in [0.1, 0.15) is 5.75 Å². The summed E-state index contributed by atoms with van der Waals surface area (Å²) >= 11 is 0. The van der Waals surface area contributed by atoms with Crippen molar-refractivity contribution in [2.75, 3.05) is 32.1 Å². The van der Waals surface area contributed by atoms with E-state index in [2.05, 4.69) is 20.8 Å². The molecule has 0 aliphatic carbocycles. The molecule has 0 radical (unpaired) electrons. The largest absolute Gasteiger partial charge is 0.508 e. The van der Waals surface area contributed by atoms with Crippen LogP contribution in [0.25, 0.3) is 0 Å². The SMILES string of the molecule is COCCNCc1nnc(NCCc2ccc(O)cc2)o1. The molecule has 21 heavy (non-hydrogen) atoms. The summed E-state index contributed by atoms with van der Waals surface area (Å²) in [6, 6.07) is 7.53. The topological polar surface area (TPSA) is 92.4 Å². The van der Waals surface area contributed by atoms with Crippen LogP contribution < -0.4 is 10.6 Å². The molecule has 0 unspecified atom stereocenters. The maximum absolute atomic E-state index is 9.20. The molecule has 1 aromatic carbocycles. The van der Waals surface area contributed by atoms with Gasteiger partial charge in [-0.15, -0.1) is 5.10 Å². The van der Waals surface area contributed by atoms with Crippen LogP contribution in [-0.2, 0) is 17.7 Å². The van der Waals surface area contributed by atoms with Gasteiger partial charge in [-0.3, -0.25) is 0 Å². The zero-order valence-electron chi connectivity index (χ0n) is 12.0. The Labute approximate surface area is 123 Å². The third kappa shape index (κ3) is 5.41. The van der Waals surface area contributed by atoms with Crippen LogP contribution in [0.4, 0.5) is 6.01 Å². The lowest BCUT2D eigenvalue weighted by atomic mass is 10.1. The molecular weight excluding hydrogens is 272 g/mol. The lowest BCUT2D eigenvalue weighted by Crippen LogP contribution is -2.18. The number of nitrogens with zero attached hydrogens (tertiary/aromatic N) is 2. The van der Waals surface area contributed by atoms with E-state index < -0.39 is 0 Å². The molecule has 0 atom stereocenters. The number of anilines is 1. The number of aromatic nitrogens is 2. The van der Waals surface area contributed by atoms with Crippen molar-refractivity contribution >= 4 is 6.01 Å². The van der Waals surface area contributed by atoms with Gasteiger partial charge in [-0.05, 0) is 24.1 Å². The number of rotatable bonds is 9. The summed E-state index contributed by atoms with van der Waals surface area (Å²) < 4.78 is 10.4. The highest BCUT2D eigenvalue weighted by atomic mass is 16.5. The van der Waals surface area contributed by atoms with E-state index in [-0.39, 0.29) is 5.75 Å². The molecule has 3 N–H and O–H groups in total. The standard InChI is InChI=1S/C14H20N4O3/c1-20-9-8-15-10-13-17-18-14(21-13)16-7-6-11-2-4-12(19)5-3-11/h2-5,15,19H,6-10H2,1H3,(H,16,18). The van der Waals surface area contributed by atoms with E-state index in [9.17, 15) is 5.11 Å². The Hall–Kier alpha value is -2.12. The molecule has 7 nitrogen and oxygen atoms in total. The van der Waals surface area contributed by atoms with Gasteiger partial charge < -0.3 is 24.9 Å². The molecule has 0 aliphatic heterocycles. The Morgan fingerprint density at radius 1 is 1.19 bits per heavy atom. The van der Waals surface area contributed by atoms with Crippen molar-refractivity contribution in [1.29, 1.82) is 0 Å². The van der Waals surface area contributed by atoms with Crippen molar-refractivity contribution in [2.24, 2.45) is 0 Å². The molecule has 0 saturated carbocycles. The average molecular weight is 292 g/mol. The van der Waals surface area contributed by atoms with Crippen LogP contribution in [0.2, 0.25) is 0 Å². The van der Waals surface area contributed by atoms with Gasteiger partial charge in [0, 0.05) is 20.2 Å². The van der Waals surface area contributed by atoms with E-state index in [0.717, 1.165) is 18.5 Å². The number of phenols is 1. The van der Waals surface area contributed by atoms with Gasteiger partial charge in [0.2, 0.25) is 5.89 Å². The van der Waals surface area contributed by atoms with Crippen molar-refractivity contribution in [3.63, 3.8) is 0 Å². The fourth-order valence-electron chi connectivity index (χ4n) is 1.74. The molecule has 0 fully saturated rings. The van der Waals surface area contributed by atoms with Crippen LogP contribution in [0.15, 0.2) is 28.7 Å². The summed E-state index contributed by atoms with van der Waals surface area (Å²) in [7, 11) is 1.66. The van der Waals surface area contributed by atoms with Crippen molar-refractivity contribution in [2.45, 2.75) is 13.0 Å². The number of aromatic hydroxyl groups is 1. The number of methoxy groups -OCH3 is 1. The molecular formula is C14H20N4O3. The first-order valence-corrected chi connectivity index (χ1v) is 6.82. The third-order valence-electron chi connectivity index (χ3n) is 2.85. The van der Waals surface area contributed by atoms with Crippen LogP contribution in [-0.4, -0.2) is 42.1 Å². The highest BCUT2D eigenvalue weighted by Gasteiger charge is 2.04. The van der Waals surface area contributed by atoms with Crippen LogP contribution in [0, 0.1) is 0 Å². The Morgan fingerprint density at radius 3 is 2.76 bits per heavy atom. The summed E-state index contributed by atoms with van der Waals surface area (Å²) in [5, 5.41) is 23.3. The van der Waals surface area contributed by atoms with Gasteiger partial charge in [0.05, 0.1) is 13.2 Å². The Kier molecular flexibility index (Phi) is 5.99. The molecule has 114 valence electrons. The molecule has 0 bridgehead atoms. The molecule has 2 rings (SSSR count). The predicted molar refractivity (Wildman–Crippen MR) is 78.2 cm³/mol. The minimum Gasteiger partial charge on any atom is -0.508 e. The van der Waals surface area contributed by atoms with E-state index in [0.29, 0.717) is 31.6 Å². The van der Waals surface area contributed by atoms with Crippen molar-refractivity contribution in [3.8, 4) is 5.75 Å². The van der Waals surface area contributed by atoms with Crippen LogP contribution in [0.1, 0.15) is 11.5 Å². The quantitative estimate of drug-likeness (QED) is 0.597. The van der Waals surface area contributed by atoms with E-state index in [4.69, 9.17) is 9.15 Å². The third-order valence-corrected chi connectivity index (χ3v) is 2.85. The number of hydrogen-bond acceptors (Lipinski definition) is 7. The molecule has 1 aromatic heterocycles. The van der Waals surface area contributed by atoms with Gasteiger partial charge in [0.15, 0.2) is 0 Å². The first-order chi connectivity index (χ1) is 10.3. The number of hydrogen-bond donors (Lipinski definition) is 3. The number of nitrogens with one attached hydrogen (secondary N) is 2. The van der Waals surface area contributed by atoms with Crippen LogP contribution >= 0.6 is 0 Å². The maximum atomic E-state index is 9.20. The number of phenolic OH excluding ortho intramolecular Hbond substituents is 1. The smallest absolute Gasteiger partial charge is 0.315 e. The summed E-state index contributed by atoms with van der Waals surface area (Å²) in [5.41, 5.74) is 1.13. The lowest BCUT2D eigenvalue weighted by molar-refractivity contribution is 0.198. The Bertz CT molecular complexity index is 527. The second-order valence-corrected chi connectivity index (χ2v) is 4.51. The summed E-state index contributed by atoms with van der Waals surface area (Å²) in [4.78, 5) is 0. The Morgan fingerprint density at radius 2 is 2.00 bits per heavy atom. The van der Waals surface area contributed by atoms with E-state index in [1.165, 1.54) is 0 Å². The molecule has 0 saturated heterocycles. The van der Waals surface area contributed by atoms with Crippen molar-refractivity contribution in [3.05, 3.63) is 35.7 Å². The minimum absolute atomic E-state index is 0.272. The first-order valence-electron chi connectivity index (χ1n) is 6.82. The van der Waals surface area contributed by atoms with Gasteiger partial charge in [-0.2, -0.15) is 0 Å². The highest BCUT2D eigenvalue weighted by molar-refractivity contribution is 5.27. The fraction of sp³-hybridized carbons (Fsp3) is 0.429. The fourth-order valence-corrected chi connectivity index (χ4v) is 1.74. The minimum atomic E-state index is 0.272. The zero-order valence-corrected chi connectivity index (χ0v) is 12.0. The predicted octanol–water partition coefficient (Wildman–Crippen LogP) is 1.17. The maximum Gasteiger partial charge on any atom is 0.315 e. The first kappa shape index (κ1) is 15.3. The average Bonchev–Trinajstić information content (AvgIpc) is 2.94. The summed E-state index contributed by atoms with van der Waals surface area (Å²) in [6.07, 6.45) is 0.810. The molecule has 2 aromatic rings. The van der Waals surface area contributed by atoms with Gasteiger partial charge in [0.25, 0.3) is 0 Å². The molecule has 0 aliphatic rings. The second kappa shape index (κ2) is 8.23. The lowest BCUT2D eigenvalue weighted by Gasteiger charge is -2.02. The number of ether oxygens (including phenoxy) is 1.